The topological polar surface area (TPSA) is 20.3 Å². The number of nitrogens with zero attached hydrogens (tertiary/aromatic N) is 1. The Bertz CT molecular complexity index is 391. The Morgan fingerprint density at radius 3 is 3.18 bits per heavy atom. The number of rotatable bonds is 4. The minimum absolute atomic E-state index is 0.244. The van der Waals surface area contributed by atoms with Crippen molar-refractivity contribution < 1.29 is 4.79 Å². The van der Waals surface area contributed by atoms with Gasteiger partial charge in [0.2, 0.25) is 5.91 Å². The number of fused-ring (bicyclic) bond motifs is 1. The molecule has 2 heterocycles. The number of unbranched alkanes of at least 4 members (excludes halogenated alkanes) is 1. The van der Waals surface area contributed by atoms with Gasteiger partial charge in [0, 0.05) is 23.7 Å². The fraction of sp³-hybridized carbons (Fsp3) is 0.615. The van der Waals surface area contributed by atoms with E-state index >= 15 is 0 Å². The van der Waals surface area contributed by atoms with Crippen LogP contribution in [-0.4, -0.2) is 23.2 Å². The Kier molecular flexibility index (Phi) is 4.46. The summed E-state index contributed by atoms with van der Waals surface area (Å²) in [5, 5.41) is 2.13. The van der Waals surface area contributed by atoms with Crippen LogP contribution in [0.4, 0.5) is 0 Å². The van der Waals surface area contributed by atoms with Crippen molar-refractivity contribution in [2.75, 3.05) is 12.4 Å². The van der Waals surface area contributed by atoms with Crippen molar-refractivity contribution in [2.24, 2.45) is 0 Å². The van der Waals surface area contributed by atoms with Crippen LogP contribution in [0.2, 0.25) is 0 Å². The van der Waals surface area contributed by atoms with Crippen LogP contribution in [0.15, 0.2) is 11.4 Å². The number of alkyl halides is 1. The van der Waals surface area contributed by atoms with E-state index in [1.165, 1.54) is 10.4 Å². The number of amides is 1. The van der Waals surface area contributed by atoms with Gasteiger partial charge in [-0.3, -0.25) is 4.79 Å². The molecule has 0 fully saturated rings. The van der Waals surface area contributed by atoms with Crippen LogP contribution in [0.25, 0.3) is 0 Å². The van der Waals surface area contributed by atoms with E-state index in [1.807, 2.05) is 16.2 Å². The lowest BCUT2D eigenvalue weighted by Crippen LogP contribution is -2.38. The quantitative estimate of drug-likeness (QED) is 0.605. The molecule has 0 saturated heterocycles. The van der Waals surface area contributed by atoms with Gasteiger partial charge < -0.3 is 4.90 Å². The standard InChI is InChI=1S/C13H18ClNOS/c1-10-11-6-9-17-12(11)5-8-15(10)13(16)4-2-3-7-14/h6,9-10H,2-5,7-8H2,1H3. The molecular formula is C13H18ClNOS. The molecule has 1 aliphatic heterocycles. The third-order valence-corrected chi connectivity index (χ3v) is 4.64. The van der Waals surface area contributed by atoms with Gasteiger partial charge in [-0.25, -0.2) is 0 Å². The van der Waals surface area contributed by atoms with E-state index in [-0.39, 0.29) is 11.9 Å². The molecule has 94 valence electrons. The zero-order valence-electron chi connectivity index (χ0n) is 10.1. The minimum atomic E-state index is 0.244. The van der Waals surface area contributed by atoms with Gasteiger partial charge in [-0.05, 0) is 43.2 Å². The molecule has 0 spiro atoms. The van der Waals surface area contributed by atoms with Crippen LogP contribution < -0.4 is 0 Å². The summed E-state index contributed by atoms with van der Waals surface area (Å²) in [6.07, 6.45) is 3.48. The maximum absolute atomic E-state index is 12.1. The van der Waals surface area contributed by atoms with E-state index < -0.39 is 0 Å². The first kappa shape index (κ1) is 12.9. The Hall–Kier alpha value is -0.540. The molecule has 1 aliphatic rings. The van der Waals surface area contributed by atoms with E-state index in [0.717, 1.165) is 25.8 Å². The van der Waals surface area contributed by atoms with Crippen LogP contribution in [0.5, 0.6) is 0 Å². The third kappa shape index (κ3) is 2.83. The zero-order chi connectivity index (χ0) is 12.3. The molecule has 2 nitrogen and oxygen atoms in total. The first-order valence-corrected chi connectivity index (χ1v) is 7.57. The number of thiophene rings is 1. The highest BCUT2D eigenvalue weighted by molar-refractivity contribution is 7.10. The highest BCUT2D eigenvalue weighted by Crippen LogP contribution is 2.33. The van der Waals surface area contributed by atoms with Crippen molar-refractivity contribution in [1.82, 2.24) is 4.90 Å². The van der Waals surface area contributed by atoms with Gasteiger partial charge in [0.25, 0.3) is 0 Å². The van der Waals surface area contributed by atoms with Gasteiger partial charge in [0.05, 0.1) is 6.04 Å². The molecule has 1 amide bonds. The summed E-state index contributed by atoms with van der Waals surface area (Å²) in [7, 11) is 0. The van der Waals surface area contributed by atoms with E-state index in [2.05, 4.69) is 18.4 Å². The van der Waals surface area contributed by atoms with Crippen LogP contribution >= 0.6 is 22.9 Å². The normalized spacial score (nSPS) is 19.2. The molecule has 0 saturated carbocycles. The first-order chi connectivity index (χ1) is 8.24. The molecule has 1 aromatic rings. The van der Waals surface area contributed by atoms with Gasteiger partial charge >= 0.3 is 0 Å². The fourth-order valence-electron chi connectivity index (χ4n) is 2.36. The lowest BCUT2D eigenvalue weighted by Gasteiger charge is -2.33. The maximum Gasteiger partial charge on any atom is 0.223 e. The lowest BCUT2D eigenvalue weighted by molar-refractivity contribution is -0.133. The molecular weight excluding hydrogens is 254 g/mol. The Morgan fingerprint density at radius 2 is 2.41 bits per heavy atom. The molecule has 0 bridgehead atoms. The SMILES string of the molecule is CC1c2ccsc2CCN1C(=O)CCCCCl. The summed E-state index contributed by atoms with van der Waals surface area (Å²) in [6, 6.07) is 2.40. The second kappa shape index (κ2) is 5.87. The predicted octanol–water partition coefficient (Wildman–Crippen LogP) is 3.60. The molecule has 4 heteroatoms. The summed E-state index contributed by atoms with van der Waals surface area (Å²) in [4.78, 5) is 15.6. The molecule has 2 rings (SSSR count). The molecule has 17 heavy (non-hydrogen) atoms. The van der Waals surface area contributed by atoms with E-state index in [0.29, 0.717) is 12.3 Å². The predicted molar refractivity (Wildman–Crippen MR) is 72.7 cm³/mol. The summed E-state index contributed by atoms with van der Waals surface area (Å²) in [6.45, 7) is 3.00. The Labute approximate surface area is 112 Å². The number of halogens is 1. The highest BCUT2D eigenvalue weighted by Gasteiger charge is 2.27. The van der Waals surface area contributed by atoms with Crippen LogP contribution in [-0.2, 0) is 11.2 Å². The van der Waals surface area contributed by atoms with Crippen molar-refractivity contribution in [1.29, 1.82) is 0 Å². The van der Waals surface area contributed by atoms with Gasteiger partial charge in [0.1, 0.15) is 0 Å². The van der Waals surface area contributed by atoms with E-state index in [1.54, 1.807) is 0 Å². The summed E-state index contributed by atoms with van der Waals surface area (Å²) in [5.41, 5.74) is 1.34. The fourth-order valence-corrected chi connectivity index (χ4v) is 3.52. The van der Waals surface area contributed by atoms with Crippen molar-refractivity contribution >= 4 is 28.8 Å². The number of carbonyl (C=O) groups is 1. The van der Waals surface area contributed by atoms with Gasteiger partial charge in [-0.15, -0.1) is 22.9 Å². The van der Waals surface area contributed by atoms with Gasteiger partial charge in [-0.1, -0.05) is 0 Å². The monoisotopic (exact) mass is 271 g/mol. The second-order valence-electron chi connectivity index (χ2n) is 4.46. The molecule has 0 N–H and O–H groups in total. The molecule has 1 unspecified atom stereocenters. The largest absolute Gasteiger partial charge is 0.336 e. The van der Waals surface area contributed by atoms with Gasteiger partial charge in [-0.2, -0.15) is 0 Å². The Morgan fingerprint density at radius 1 is 1.59 bits per heavy atom. The Balaban J connectivity index is 1.97. The van der Waals surface area contributed by atoms with E-state index in [4.69, 9.17) is 11.6 Å². The number of carbonyl (C=O) groups excluding carboxylic acids is 1. The minimum Gasteiger partial charge on any atom is -0.336 e. The van der Waals surface area contributed by atoms with Gasteiger partial charge in [0.15, 0.2) is 0 Å². The van der Waals surface area contributed by atoms with Crippen LogP contribution in [0.1, 0.15) is 42.7 Å². The van der Waals surface area contributed by atoms with Crippen LogP contribution in [0, 0.1) is 0 Å². The van der Waals surface area contributed by atoms with E-state index in [9.17, 15) is 4.79 Å². The molecule has 1 atom stereocenters. The van der Waals surface area contributed by atoms with Crippen molar-refractivity contribution in [3.05, 3.63) is 21.9 Å². The smallest absolute Gasteiger partial charge is 0.223 e. The first-order valence-electron chi connectivity index (χ1n) is 6.15. The number of hydrogen-bond acceptors (Lipinski definition) is 2. The number of hydrogen-bond donors (Lipinski definition) is 0. The molecule has 0 radical (unpaired) electrons. The highest BCUT2D eigenvalue weighted by atomic mass is 35.5. The molecule has 0 aliphatic carbocycles. The van der Waals surface area contributed by atoms with Crippen molar-refractivity contribution in [3.8, 4) is 0 Å². The summed E-state index contributed by atoms with van der Waals surface area (Å²) in [5.74, 6) is 0.928. The zero-order valence-corrected chi connectivity index (χ0v) is 11.7. The summed E-state index contributed by atoms with van der Waals surface area (Å²) >= 11 is 7.44. The lowest BCUT2D eigenvalue weighted by atomic mass is 10.0. The average molecular weight is 272 g/mol. The van der Waals surface area contributed by atoms with Crippen LogP contribution in [0.3, 0.4) is 0 Å². The third-order valence-electron chi connectivity index (χ3n) is 3.37. The molecule has 1 aromatic heterocycles. The molecule has 0 aromatic carbocycles. The average Bonchev–Trinajstić information content (AvgIpc) is 2.78. The maximum atomic E-state index is 12.1. The second-order valence-corrected chi connectivity index (χ2v) is 5.84. The van der Waals surface area contributed by atoms with Crippen molar-refractivity contribution in [3.63, 3.8) is 0 Å². The summed E-state index contributed by atoms with van der Waals surface area (Å²) < 4.78 is 0. The van der Waals surface area contributed by atoms with Crippen molar-refractivity contribution in [2.45, 2.75) is 38.6 Å².